The number of aryl methyl sites for hydroxylation is 2. The molecule has 0 aromatic heterocycles. The number of amides is 1. The van der Waals surface area contributed by atoms with Crippen LogP contribution in [-0.2, 0) is 24.8 Å². The predicted molar refractivity (Wildman–Crippen MR) is 149 cm³/mol. The lowest BCUT2D eigenvalue weighted by atomic mass is 10.2. The van der Waals surface area contributed by atoms with Gasteiger partial charge in [-0.25, -0.2) is 16.8 Å². The smallest absolute Gasteiger partial charge is 0.264 e. The lowest BCUT2D eigenvalue weighted by molar-refractivity contribution is -0.114. The molecule has 0 unspecified atom stereocenters. The number of hydrogen-bond donors (Lipinski definition) is 2. The Hall–Kier alpha value is -4.15. The first-order chi connectivity index (χ1) is 18.0. The number of sulfonamides is 2. The van der Waals surface area contributed by atoms with Crippen LogP contribution in [0.3, 0.4) is 0 Å². The van der Waals surface area contributed by atoms with Crippen molar-refractivity contribution in [2.75, 3.05) is 20.9 Å². The van der Waals surface area contributed by atoms with Crippen LogP contribution in [0.2, 0.25) is 0 Å². The molecule has 0 aliphatic heterocycles. The maximum atomic E-state index is 13.4. The number of benzene rings is 4. The van der Waals surface area contributed by atoms with Crippen LogP contribution < -0.4 is 14.3 Å². The lowest BCUT2D eigenvalue weighted by Gasteiger charge is -2.24. The Morgan fingerprint density at radius 3 is 1.97 bits per heavy atom. The molecule has 0 saturated heterocycles. The van der Waals surface area contributed by atoms with E-state index >= 15 is 0 Å². The zero-order chi connectivity index (χ0) is 27.3. The summed E-state index contributed by atoms with van der Waals surface area (Å²) in [6.07, 6.45) is 0. The van der Waals surface area contributed by atoms with E-state index in [0.29, 0.717) is 17.1 Å². The van der Waals surface area contributed by atoms with Crippen LogP contribution in [0.25, 0.3) is 0 Å². The van der Waals surface area contributed by atoms with E-state index in [9.17, 15) is 21.6 Å². The maximum Gasteiger partial charge on any atom is 0.264 e. The molecule has 0 bridgehead atoms. The van der Waals surface area contributed by atoms with E-state index < -0.39 is 32.5 Å². The second-order valence-electron chi connectivity index (χ2n) is 8.71. The van der Waals surface area contributed by atoms with Crippen LogP contribution in [0.5, 0.6) is 0 Å². The summed E-state index contributed by atoms with van der Waals surface area (Å²) in [6, 6.07) is 27.3. The minimum absolute atomic E-state index is 0.0185. The van der Waals surface area contributed by atoms with Crippen molar-refractivity contribution < 1.29 is 21.6 Å². The number of rotatable bonds is 9. The third kappa shape index (κ3) is 6.39. The molecule has 4 aromatic rings. The van der Waals surface area contributed by atoms with Gasteiger partial charge in [-0.1, -0.05) is 48.0 Å². The summed E-state index contributed by atoms with van der Waals surface area (Å²) in [5, 5.41) is 2.65. The summed E-state index contributed by atoms with van der Waals surface area (Å²) >= 11 is 0. The van der Waals surface area contributed by atoms with Crippen molar-refractivity contribution in [1.82, 2.24) is 0 Å². The molecule has 8 nitrogen and oxygen atoms in total. The fraction of sp³-hybridized carbons (Fsp3) is 0.107. The molecule has 38 heavy (non-hydrogen) atoms. The molecular formula is C28H27N3O5S2. The van der Waals surface area contributed by atoms with Gasteiger partial charge in [0.15, 0.2) is 0 Å². The molecule has 4 aromatic carbocycles. The molecule has 196 valence electrons. The number of nitrogens with zero attached hydrogens (tertiary/aromatic N) is 1. The average Bonchev–Trinajstić information content (AvgIpc) is 2.88. The summed E-state index contributed by atoms with van der Waals surface area (Å²) in [4.78, 5) is 13.0. The van der Waals surface area contributed by atoms with Gasteiger partial charge in [0.25, 0.3) is 20.0 Å². The molecule has 0 aliphatic carbocycles. The van der Waals surface area contributed by atoms with E-state index in [-0.39, 0.29) is 9.79 Å². The lowest BCUT2D eigenvalue weighted by Crippen LogP contribution is -2.38. The van der Waals surface area contributed by atoms with E-state index in [2.05, 4.69) is 10.0 Å². The molecule has 10 heteroatoms. The molecule has 0 radical (unpaired) electrons. The fourth-order valence-electron chi connectivity index (χ4n) is 3.72. The molecule has 0 saturated carbocycles. The average molecular weight is 550 g/mol. The summed E-state index contributed by atoms with van der Waals surface area (Å²) < 4.78 is 55.9. The zero-order valence-corrected chi connectivity index (χ0v) is 22.5. The summed E-state index contributed by atoms with van der Waals surface area (Å²) in [6.45, 7) is 3.27. The topological polar surface area (TPSA) is 113 Å². The minimum Gasteiger partial charge on any atom is -0.325 e. The second kappa shape index (κ2) is 11.1. The van der Waals surface area contributed by atoms with E-state index in [0.717, 1.165) is 15.4 Å². The van der Waals surface area contributed by atoms with Gasteiger partial charge in [-0.15, -0.1) is 0 Å². The summed E-state index contributed by atoms with van der Waals surface area (Å²) in [5.74, 6) is -0.585. The first kappa shape index (κ1) is 26.9. The highest BCUT2D eigenvalue weighted by molar-refractivity contribution is 7.93. The number of hydrogen-bond acceptors (Lipinski definition) is 5. The highest BCUT2D eigenvalue weighted by Crippen LogP contribution is 2.24. The van der Waals surface area contributed by atoms with Crippen LogP contribution in [-0.4, -0.2) is 29.3 Å². The van der Waals surface area contributed by atoms with Crippen LogP contribution in [0.15, 0.2) is 113 Å². The van der Waals surface area contributed by atoms with Crippen molar-refractivity contribution in [2.24, 2.45) is 0 Å². The first-order valence-corrected chi connectivity index (χ1v) is 14.6. The predicted octanol–water partition coefficient (Wildman–Crippen LogP) is 4.94. The van der Waals surface area contributed by atoms with E-state index in [1.54, 1.807) is 60.7 Å². The van der Waals surface area contributed by atoms with Gasteiger partial charge in [0, 0.05) is 11.4 Å². The Kier molecular flexibility index (Phi) is 7.84. The Bertz CT molecular complexity index is 1640. The molecule has 2 N–H and O–H groups in total. The standard InChI is InChI=1S/C28H27N3O5S2/c1-21-11-15-25(16-12-21)31(38(35,36)27-9-4-3-5-10-27)20-28(32)29-23-13-17-26(18-14-23)37(33,34)30-24-8-6-7-22(2)19-24/h3-19,30H,20H2,1-2H3,(H,29,32). The van der Waals surface area contributed by atoms with E-state index in [4.69, 9.17) is 0 Å². The highest BCUT2D eigenvalue weighted by atomic mass is 32.2. The van der Waals surface area contributed by atoms with Crippen molar-refractivity contribution in [2.45, 2.75) is 23.6 Å². The van der Waals surface area contributed by atoms with Crippen molar-refractivity contribution in [1.29, 1.82) is 0 Å². The Labute approximate surface area is 223 Å². The minimum atomic E-state index is -4.03. The zero-order valence-electron chi connectivity index (χ0n) is 20.8. The quantitative estimate of drug-likeness (QED) is 0.307. The number of nitrogens with one attached hydrogen (secondary N) is 2. The number of carbonyl (C=O) groups is 1. The van der Waals surface area contributed by atoms with Crippen LogP contribution >= 0.6 is 0 Å². The molecule has 0 spiro atoms. The van der Waals surface area contributed by atoms with Crippen molar-refractivity contribution in [3.05, 3.63) is 114 Å². The fourth-order valence-corrected chi connectivity index (χ4v) is 6.21. The van der Waals surface area contributed by atoms with Gasteiger partial charge in [0.05, 0.1) is 15.5 Å². The molecular weight excluding hydrogens is 522 g/mol. The van der Waals surface area contributed by atoms with Gasteiger partial charge in [-0.2, -0.15) is 0 Å². The van der Waals surface area contributed by atoms with Gasteiger partial charge in [-0.05, 0) is 80.1 Å². The van der Waals surface area contributed by atoms with Crippen molar-refractivity contribution >= 4 is 43.0 Å². The molecule has 1 amide bonds. The summed E-state index contributed by atoms with van der Waals surface area (Å²) in [5.41, 5.74) is 2.97. The third-order valence-corrected chi connectivity index (χ3v) is 8.84. The van der Waals surface area contributed by atoms with Crippen molar-refractivity contribution in [3.63, 3.8) is 0 Å². The first-order valence-electron chi connectivity index (χ1n) is 11.7. The summed E-state index contributed by atoms with van der Waals surface area (Å²) in [7, 11) is -7.86. The molecule has 0 aliphatic rings. The third-order valence-electron chi connectivity index (χ3n) is 5.66. The Balaban J connectivity index is 1.52. The SMILES string of the molecule is Cc1ccc(N(CC(=O)Nc2ccc(S(=O)(=O)Nc3cccc(C)c3)cc2)S(=O)(=O)c2ccccc2)cc1. The van der Waals surface area contributed by atoms with Crippen LogP contribution in [0, 0.1) is 13.8 Å². The van der Waals surface area contributed by atoms with Gasteiger partial charge < -0.3 is 5.32 Å². The van der Waals surface area contributed by atoms with Crippen LogP contribution in [0.4, 0.5) is 17.1 Å². The van der Waals surface area contributed by atoms with Crippen molar-refractivity contribution in [3.8, 4) is 0 Å². The van der Waals surface area contributed by atoms with E-state index in [1.165, 1.54) is 36.4 Å². The normalized spacial score (nSPS) is 11.5. The van der Waals surface area contributed by atoms with Gasteiger partial charge in [-0.3, -0.25) is 13.8 Å². The highest BCUT2D eigenvalue weighted by Gasteiger charge is 2.27. The monoisotopic (exact) mass is 549 g/mol. The van der Waals surface area contributed by atoms with Gasteiger partial charge >= 0.3 is 0 Å². The number of carbonyl (C=O) groups excluding carboxylic acids is 1. The van der Waals surface area contributed by atoms with Crippen LogP contribution in [0.1, 0.15) is 11.1 Å². The van der Waals surface area contributed by atoms with Gasteiger partial charge in [0.2, 0.25) is 5.91 Å². The Morgan fingerprint density at radius 1 is 0.684 bits per heavy atom. The molecule has 0 heterocycles. The number of anilines is 3. The molecule has 4 rings (SSSR count). The second-order valence-corrected chi connectivity index (χ2v) is 12.3. The molecule has 0 atom stereocenters. The maximum absolute atomic E-state index is 13.4. The van der Waals surface area contributed by atoms with E-state index in [1.807, 2.05) is 19.9 Å². The largest absolute Gasteiger partial charge is 0.325 e. The molecule has 0 fully saturated rings. The Morgan fingerprint density at radius 2 is 1.34 bits per heavy atom. The van der Waals surface area contributed by atoms with Gasteiger partial charge in [0.1, 0.15) is 6.54 Å².